The first kappa shape index (κ1) is 12.8. The highest BCUT2D eigenvalue weighted by Gasteiger charge is 2.30. The van der Waals surface area contributed by atoms with Gasteiger partial charge in [-0.05, 0) is 62.8 Å². The molecule has 0 aromatic rings. The largest absolute Gasteiger partial charge is 0.330 e. The Labute approximate surface area is 95.1 Å². The van der Waals surface area contributed by atoms with Crippen LogP contribution in [-0.4, -0.2) is 6.54 Å². The third-order valence-corrected chi connectivity index (χ3v) is 4.04. The second-order valence-corrected chi connectivity index (χ2v) is 5.73. The Morgan fingerprint density at radius 3 is 2.47 bits per heavy atom. The molecule has 3 unspecified atom stereocenters. The predicted molar refractivity (Wildman–Crippen MR) is 67.6 cm³/mol. The van der Waals surface area contributed by atoms with E-state index in [1.165, 1.54) is 31.3 Å². The molecule has 1 rings (SSSR count). The molecule has 2 N–H and O–H groups in total. The van der Waals surface area contributed by atoms with Gasteiger partial charge in [-0.2, -0.15) is 0 Å². The van der Waals surface area contributed by atoms with E-state index < -0.39 is 0 Å². The molecule has 1 saturated carbocycles. The van der Waals surface area contributed by atoms with Crippen LogP contribution in [0.15, 0.2) is 12.2 Å². The van der Waals surface area contributed by atoms with E-state index in [0.717, 1.165) is 30.2 Å². The summed E-state index contributed by atoms with van der Waals surface area (Å²) in [6, 6.07) is 0. The molecule has 0 saturated heterocycles. The van der Waals surface area contributed by atoms with E-state index in [1.807, 2.05) is 0 Å². The van der Waals surface area contributed by atoms with Gasteiger partial charge in [0.05, 0.1) is 0 Å². The van der Waals surface area contributed by atoms with Gasteiger partial charge in [-0.25, -0.2) is 0 Å². The lowest BCUT2D eigenvalue weighted by Crippen LogP contribution is -2.32. The first-order valence-corrected chi connectivity index (χ1v) is 6.39. The lowest BCUT2D eigenvalue weighted by molar-refractivity contribution is 0.151. The van der Waals surface area contributed by atoms with Gasteiger partial charge in [0.25, 0.3) is 0 Å². The summed E-state index contributed by atoms with van der Waals surface area (Å²) in [6.45, 7) is 11.8. The molecule has 0 aromatic carbocycles. The maximum atomic E-state index is 5.86. The van der Waals surface area contributed by atoms with Crippen molar-refractivity contribution in [3.8, 4) is 0 Å². The second kappa shape index (κ2) is 5.69. The van der Waals surface area contributed by atoms with Crippen LogP contribution in [0.2, 0.25) is 0 Å². The molecule has 15 heavy (non-hydrogen) atoms. The average Bonchev–Trinajstić information content (AvgIpc) is 2.16. The Hall–Kier alpha value is -0.300. The van der Waals surface area contributed by atoms with Gasteiger partial charge in [-0.1, -0.05) is 19.4 Å². The topological polar surface area (TPSA) is 26.0 Å². The molecular weight excluding hydrogens is 182 g/mol. The van der Waals surface area contributed by atoms with Crippen molar-refractivity contribution in [1.29, 1.82) is 0 Å². The number of allylic oxidation sites excluding steroid dienone is 1. The number of rotatable bonds is 4. The van der Waals surface area contributed by atoms with Crippen molar-refractivity contribution in [2.24, 2.45) is 29.4 Å². The van der Waals surface area contributed by atoms with E-state index >= 15 is 0 Å². The lowest BCUT2D eigenvalue weighted by atomic mass is 9.69. The monoisotopic (exact) mass is 209 g/mol. The third kappa shape index (κ3) is 3.64. The Morgan fingerprint density at radius 2 is 2.00 bits per heavy atom. The van der Waals surface area contributed by atoms with E-state index in [1.54, 1.807) is 0 Å². The minimum absolute atomic E-state index is 0.747. The first-order chi connectivity index (χ1) is 7.04. The first-order valence-electron chi connectivity index (χ1n) is 6.39. The smallest absolute Gasteiger partial charge is 0.00461 e. The highest BCUT2D eigenvalue weighted by molar-refractivity contribution is 4.94. The van der Waals surface area contributed by atoms with Gasteiger partial charge in [-0.15, -0.1) is 6.58 Å². The Bertz CT molecular complexity index is 207. The van der Waals surface area contributed by atoms with Gasteiger partial charge in [0, 0.05) is 0 Å². The van der Waals surface area contributed by atoms with Gasteiger partial charge in [-0.3, -0.25) is 0 Å². The Kier molecular flexibility index (Phi) is 4.85. The minimum Gasteiger partial charge on any atom is -0.330 e. The van der Waals surface area contributed by atoms with Crippen molar-refractivity contribution in [3.05, 3.63) is 12.2 Å². The van der Waals surface area contributed by atoms with Crippen LogP contribution in [0.1, 0.15) is 46.5 Å². The maximum Gasteiger partial charge on any atom is -0.00461 e. The molecule has 0 aromatic heterocycles. The molecule has 1 heteroatoms. The van der Waals surface area contributed by atoms with Crippen LogP contribution in [-0.2, 0) is 0 Å². The molecule has 1 aliphatic rings. The van der Waals surface area contributed by atoms with Crippen LogP contribution < -0.4 is 5.73 Å². The molecule has 3 atom stereocenters. The zero-order chi connectivity index (χ0) is 11.4. The van der Waals surface area contributed by atoms with E-state index in [0.29, 0.717) is 0 Å². The fourth-order valence-corrected chi connectivity index (χ4v) is 2.98. The van der Waals surface area contributed by atoms with Gasteiger partial charge in [0.15, 0.2) is 0 Å². The fourth-order valence-electron chi connectivity index (χ4n) is 2.98. The highest BCUT2D eigenvalue weighted by Crippen LogP contribution is 2.39. The van der Waals surface area contributed by atoms with Crippen molar-refractivity contribution in [2.75, 3.05) is 6.54 Å². The summed E-state index contributed by atoms with van der Waals surface area (Å²) in [5.41, 5.74) is 7.18. The van der Waals surface area contributed by atoms with Crippen LogP contribution >= 0.6 is 0 Å². The summed E-state index contributed by atoms with van der Waals surface area (Å²) in [5.74, 6) is 3.29. The summed E-state index contributed by atoms with van der Waals surface area (Å²) < 4.78 is 0. The van der Waals surface area contributed by atoms with E-state index in [2.05, 4.69) is 27.4 Å². The lowest BCUT2D eigenvalue weighted by Gasteiger charge is -2.37. The van der Waals surface area contributed by atoms with Crippen LogP contribution in [0.4, 0.5) is 0 Å². The molecule has 0 spiro atoms. The van der Waals surface area contributed by atoms with Gasteiger partial charge in [0.1, 0.15) is 0 Å². The quantitative estimate of drug-likeness (QED) is 0.703. The van der Waals surface area contributed by atoms with E-state index in [4.69, 9.17) is 5.73 Å². The van der Waals surface area contributed by atoms with Crippen LogP contribution in [0.5, 0.6) is 0 Å². The minimum atomic E-state index is 0.747. The summed E-state index contributed by atoms with van der Waals surface area (Å²) in [5, 5.41) is 0. The second-order valence-electron chi connectivity index (χ2n) is 5.73. The van der Waals surface area contributed by atoms with Gasteiger partial charge in [0.2, 0.25) is 0 Å². The molecule has 0 amide bonds. The molecule has 0 heterocycles. The van der Waals surface area contributed by atoms with Crippen LogP contribution in [0, 0.1) is 23.7 Å². The van der Waals surface area contributed by atoms with E-state index in [9.17, 15) is 0 Å². The van der Waals surface area contributed by atoms with Gasteiger partial charge >= 0.3 is 0 Å². The summed E-state index contributed by atoms with van der Waals surface area (Å²) in [4.78, 5) is 0. The molecule has 0 radical (unpaired) electrons. The summed E-state index contributed by atoms with van der Waals surface area (Å²) in [6.07, 6.45) is 5.26. The van der Waals surface area contributed by atoms with E-state index in [-0.39, 0.29) is 0 Å². The molecule has 0 aliphatic heterocycles. The normalized spacial score (nSPS) is 31.9. The standard InChI is InChI=1S/C14H27N/c1-10(2)7-14-8-12(11(3)4)5-6-13(14)9-15/h11-14H,1,5-9,15H2,2-4H3. The SMILES string of the molecule is C=C(C)CC1CC(C(C)C)CCC1CN. The number of hydrogen-bond donors (Lipinski definition) is 1. The van der Waals surface area contributed by atoms with Crippen LogP contribution in [0.25, 0.3) is 0 Å². The molecule has 88 valence electrons. The van der Waals surface area contributed by atoms with Crippen molar-refractivity contribution >= 4 is 0 Å². The highest BCUT2D eigenvalue weighted by atomic mass is 14.6. The van der Waals surface area contributed by atoms with Crippen molar-refractivity contribution < 1.29 is 0 Å². The zero-order valence-electron chi connectivity index (χ0n) is 10.6. The molecule has 0 bridgehead atoms. The summed E-state index contributed by atoms with van der Waals surface area (Å²) in [7, 11) is 0. The average molecular weight is 209 g/mol. The number of nitrogens with two attached hydrogens (primary N) is 1. The van der Waals surface area contributed by atoms with Crippen molar-refractivity contribution in [3.63, 3.8) is 0 Å². The fraction of sp³-hybridized carbons (Fsp3) is 0.857. The molecule has 1 nitrogen and oxygen atoms in total. The Balaban J connectivity index is 2.56. The molecule has 1 aliphatic carbocycles. The predicted octanol–water partition coefficient (Wildman–Crippen LogP) is 3.60. The Morgan fingerprint density at radius 1 is 1.33 bits per heavy atom. The van der Waals surface area contributed by atoms with Crippen molar-refractivity contribution in [2.45, 2.75) is 46.5 Å². The summed E-state index contributed by atoms with van der Waals surface area (Å²) >= 11 is 0. The third-order valence-electron chi connectivity index (χ3n) is 4.04. The van der Waals surface area contributed by atoms with Gasteiger partial charge < -0.3 is 5.73 Å². The maximum absolute atomic E-state index is 5.86. The molecule has 1 fully saturated rings. The molecular formula is C14H27N. The van der Waals surface area contributed by atoms with Crippen LogP contribution in [0.3, 0.4) is 0 Å². The zero-order valence-corrected chi connectivity index (χ0v) is 10.6. The van der Waals surface area contributed by atoms with Crippen molar-refractivity contribution in [1.82, 2.24) is 0 Å². The number of hydrogen-bond acceptors (Lipinski definition) is 1.